The van der Waals surface area contributed by atoms with Crippen molar-refractivity contribution in [3.8, 4) is 5.75 Å². The SMILES string of the molecule is CCC(Oc1ccccc1F)C(=O)Nc1cccc2nsnc12. The Bertz CT molecular complexity index is 837. The van der Waals surface area contributed by atoms with E-state index < -0.39 is 11.9 Å². The maximum atomic E-state index is 13.7. The smallest absolute Gasteiger partial charge is 0.265 e. The van der Waals surface area contributed by atoms with Gasteiger partial charge in [-0.15, -0.1) is 0 Å². The van der Waals surface area contributed by atoms with E-state index in [1.807, 2.05) is 6.07 Å². The lowest BCUT2D eigenvalue weighted by atomic mass is 10.2. The molecule has 5 nitrogen and oxygen atoms in total. The van der Waals surface area contributed by atoms with Gasteiger partial charge in [0, 0.05) is 0 Å². The van der Waals surface area contributed by atoms with E-state index in [2.05, 4.69) is 14.1 Å². The summed E-state index contributed by atoms with van der Waals surface area (Å²) in [6, 6.07) is 11.4. The van der Waals surface area contributed by atoms with Crippen LogP contribution in [-0.4, -0.2) is 20.8 Å². The molecule has 0 aliphatic rings. The summed E-state index contributed by atoms with van der Waals surface area (Å²) in [4.78, 5) is 12.4. The van der Waals surface area contributed by atoms with Crippen LogP contribution in [0.2, 0.25) is 0 Å². The number of nitrogens with one attached hydrogen (secondary N) is 1. The summed E-state index contributed by atoms with van der Waals surface area (Å²) >= 11 is 1.08. The number of hydrogen-bond donors (Lipinski definition) is 1. The Morgan fingerprint density at radius 2 is 2.09 bits per heavy atom. The van der Waals surface area contributed by atoms with Gasteiger partial charge in [-0.2, -0.15) is 8.75 Å². The number of benzene rings is 2. The Balaban J connectivity index is 1.78. The van der Waals surface area contributed by atoms with Gasteiger partial charge in [-0.25, -0.2) is 4.39 Å². The summed E-state index contributed by atoms with van der Waals surface area (Å²) in [5.41, 5.74) is 1.92. The van der Waals surface area contributed by atoms with Crippen molar-refractivity contribution in [2.75, 3.05) is 5.32 Å². The van der Waals surface area contributed by atoms with Crippen molar-refractivity contribution in [1.29, 1.82) is 0 Å². The zero-order chi connectivity index (χ0) is 16.2. The van der Waals surface area contributed by atoms with Crippen molar-refractivity contribution in [1.82, 2.24) is 8.75 Å². The Morgan fingerprint density at radius 3 is 2.87 bits per heavy atom. The van der Waals surface area contributed by atoms with Gasteiger partial charge in [-0.05, 0) is 30.7 Å². The highest BCUT2D eigenvalue weighted by molar-refractivity contribution is 7.00. The van der Waals surface area contributed by atoms with Crippen LogP contribution in [0.3, 0.4) is 0 Å². The molecule has 1 N–H and O–H groups in total. The molecule has 0 radical (unpaired) electrons. The maximum Gasteiger partial charge on any atom is 0.265 e. The summed E-state index contributed by atoms with van der Waals surface area (Å²) < 4.78 is 27.5. The molecule has 3 aromatic rings. The lowest BCUT2D eigenvalue weighted by Gasteiger charge is -2.17. The van der Waals surface area contributed by atoms with E-state index in [0.717, 1.165) is 17.2 Å². The number of carbonyl (C=O) groups excluding carboxylic acids is 1. The number of anilines is 1. The number of rotatable bonds is 5. The third kappa shape index (κ3) is 3.29. The van der Waals surface area contributed by atoms with E-state index in [9.17, 15) is 9.18 Å². The largest absolute Gasteiger partial charge is 0.478 e. The van der Waals surface area contributed by atoms with Crippen molar-refractivity contribution in [2.45, 2.75) is 19.4 Å². The van der Waals surface area contributed by atoms with Gasteiger partial charge in [0.25, 0.3) is 5.91 Å². The average molecular weight is 331 g/mol. The van der Waals surface area contributed by atoms with Gasteiger partial charge in [0.15, 0.2) is 17.7 Å². The average Bonchev–Trinajstić information content (AvgIpc) is 3.03. The summed E-state index contributed by atoms with van der Waals surface area (Å²) in [6.45, 7) is 1.80. The van der Waals surface area contributed by atoms with E-state index in [4.69, 9.17) is 4.74 Å². The van der Waals surface area contributed by atoms with Crippen molar-refractivity contribution in [2.24, 2.45) is 0 Å². The molecular weight excluding hydrogens is 317 g/mol. The van der Waals surface area contributed by atoms with Crippen LogP contribution >= 0.6 is 11.7 Å². The van der Waals surface area contributed by atoms with Gasteiger partial charge in [0.2, 0.25) is 0 Å². The summed E-state index contributed by atoms with van der Waals surface area (Å²) in [5, 5.41) is 2.78. The first-order chi connectivity index (χ1) is 11.2. The number of para-hydroxylation sites is 1. The Kier molecular flexibility index (Phi) is 4.47. The number of fused-ring (bicyclic) bond motifs is 1. The van der Waals surface area contributed by atoms with E-state index in [0.29, 0.717) is 17.6 Å². The van der Waals surface area contributed by atoms with Crippen LogP contribution in [0.5, 0.6) is 5.75 Å². The molecule has 0 spiro atoms. The van der Waals surface area contributed by atoms with Crippen LogP contribution in [0.15, 0.2) is 42.5 Å². The molecule has 3 rings (SSSR count). The topological polar surface area (TPSA) is 64.1 Å². The predicted molar refractivity (Wildman–Crippen MR) is 87.2 cm³/mol. The second-order valence-electron chi connectivity index (χ2n) is 4.87. The number of carbonyl (C=O) groups is 1. The van der Waals surface area contributed by atoms with E-state index in [1.165, 1.54) is 12.1 Å². The molecule has 1 heterocycles. The van der Waals surface area contributed by atoms with Crippen molar-refractivity contribution in [3.05, 3.63) is 48.3 Å². The lowest BCUT2D eigenvalue weighted by Crippen LogP contribution is -2.32. The normalized spacial score (nSPS) is 12.1. The number of aromatic nitrogens is 2. The molecule has 23 heavy (non-hydrogen) atoms. The molecule has 0 bridgehead atoms. The number of nitrogens with zero attached hydrogens (tertiary/aromatic N) is 2. The van der Waals surface area contributed by atoms with Crippen molar-refractivity contribution in [3.63, 3.8) is 0 Å². The van der Waals surface area contributed by atoms with Crippen LogP contribution in [0.25, 0.3) is 11.0 Å². The highest BCUT2D eigenvalue weighted by Gasteiger charge is 2.21. The molecular formula is C16H14FN3O2S. The number of amides is 1. The van der Waals surface area contributed by atoms with E-state index in [-0.39, 0.29) is 11.7 Å². The maximum absolute atomic E-state index is 13.7. The van der Waals surface area contributed by atoms with Gasteiger partial charge in [-0.3, -0.25) is 4.79 Å². The Hall–Kier alpha value is -2.54. The third-order valence-electron chi connectivity index (χ3n) is 3.31. The second kappa shape index (κ2) is 6.70. The molecule has 0 aliphatic heterocycles. The molecule has 1 amide bonds. The summed E-state index contributed by atoms with van der Waals surface area (Å²) in [5.74, 6) is -0.788. The molecule has 7 heteroatoms. The summed E-state index contributed by atoms with van der Waals surface area (Å²) in [6.07, 6.45) is -0.389. The van der Waals surface area contributed by atoms with E-state index in [1.54, 1.807) is 31.2 Å². The first-order valence-electron chi connectivity index (χ1n) is 7.12. The molecule has 0 saturated heterocycles. The van der Waals surface area contributed by atoms with Crippen LogP contribution in [-0.2, 0) is 4.79 Å². The zero-order valence-electron chi connectivity index (χ0n) is 12.3. The fraction of sp³-hybridized carbons (Fsp3) is 0.188. The number of hydrogen-bond acceptors (Lipinski definition) is 5. The van der Waals surface area contributed by atoms with Crippen LogP contribution < -0.4 is 10.1 Å². The fourth-order valence-corrected chi connectivity index (χ4v) is 2.69. The molecule has 1 atom stereocenters. The van der Waals surface area contributed by atoms with E-state index >= 15 is 0 Å². The third-order valence-corrected chi connectivity index (χ3v) is 3.86. The molecule has 1 aromatic heterocycles. The minimum Gasteiger partial charge on any atom is -0.478 e. The molecule has 0 saturated carbocycles. The zero-order valence-corrected chi connectivity index (χ0v) is 13.1. The van der Waals surface area contributed by atoms with Gasteiger partial charge >= 0.3 is 0 Å². The monoisotopic (exact) mass is 331 g/mol. The summed E-state index contributed by atoms with van der Waals surface area (Å²) in [7, 11) is 0. The Morgan fingerprint density at radius 1 is 1.26 bits per heavy atom. The molecule has 1 unspecified atom stereocenters. The highest BCUT2D eigenvalue weighted by Crippen LogP contribution is 2.23. The number of halogens is 1. The quantitative estimate of drug-likeness (QED) is 0.775. The van der Waals surface area contributed by atoms with Crippen LogP contribution in [0, 0.1) is 5.82 Å². The van der Waals surface area contributed by atoms with Gasteiger partial charge in [0.1, 0.15) is 11.0 Å². The number of ether oxygens (including phenoxy) is 1. The molecule has 0 aliphatic carbocycles. The van der Waals surface area contributed by atoms with Gasteiger partial charge < -0.3 is 10.1 Å². The van der Waals surface area contributed by atoms with Crippen molar-refractivity contribution >= 4 is 34.4 Å². The first kappa shape index (κ1) is 15.4. The predicted octanol–water partition coefficient (Wildman–Crippen LogP) is 3.63. The standard InChI is InChI=1S/C16H14FN3O2S/c1-2-13(22-14-9-4-3-6-10(14)17)16(21)18-11-7-5-8-12-15(11)20-23-19-12/h3-9,13H,2H2,1H3,(H,18,21). The van der Waals surface area contributed by atoms with Gasteiger partial charge in [-0.1, -0.05) is 25.1 Å². The molecule has 0 fully saturated rings. The fourth-order valence-electron chi connectivity index (χ4n) is 2.14. The first-order valence-corrected chi connectivity index (χ1v) is 7.85. The van der Waals surface area contributed by atoms with Crippen LogP contribution in [0.1, 0.15) is 13.3 Å². The lowest BCUT2D eigenvalue weighted by molar-refractivity contribution is -0.122. The second-order valence-corrected chi connectivity index (χ2v) is 5.40. The molecule has 2 aromatic carbocycles. The minimum atomic E-state index is -0.797. The molecule has 118 valence electrons. The van der Waals surface area contributed by atoms with Crippen molar-refractivity contribution < 1.29 is 13.9 Å². The Labute approximate surface area is 136 Å². The highest BCUT2D eigenvalue weighted by atomic mass is 32.1. The minimum absolute atomic E-state index is 0.0584. The van der Waals surface area contributed by atoms with Crippen LogP contribution in [0.4, 0.5) is 10.1 Å². The van der Waals surface area contributed by atoms with Gasteiger partial charge in [0.05, 0.1) is 17.4 Å².